The molecule has 0 heterocycles. The van der Waals surface area contributed by atoms with Crippen LogP contribution in [-0.4, -0.2) is 27.5 Å². The molecule has 2 nitrogen and oxygen atoms in total. The number of nitrogens with zero attached hydrogens (tertiary/aromatic N) is 2. The average Bonchev–Trinajstić information content (AvgIpc) is 2.90. The second-order valence-electron chi connectivity index (χ2n) is 15.3. The van der Waals surface area contributed by atoms with E-state index in [0.717, 1.165) is 5.69 Å². The fraction of sp³-hybridized carbons (Fsp3) is 0.421. The second kappa shape index (κ2) is 17.9. The van der Waals surface area contributed by atoms with Gasteiger partial charge in [-0.05, 0) is 83.1 Å². The summed E-state index contributed by atoms with van der Waals surface area (Å²) in [6.45, 7) is 28.3. The smallest absolute Gasteiger partial charge is 0.699 e. The molecule has 0 bridgehead atoms. The molecule has 0 saturated heterocycles. The van der Waals surface area contributed by atoms with Crippen LogP contribution in [0.3, 0.4) is 0 Å². The molecule has 3 aromatic carbocycles. The van der Waals surface area contributed by atoms with E-state index in [4.69, 9.17) is 5.23 Å². The van der Waals surface area contributed by atoms with Crippen molar-refractivity contribution in [2.24, 2.45) is 0 Å². The molecule has 0 amide bonds. The summed E-state index contributed by atoms with van der Waals surface area (Å²) in [6.07, 6.45) is 4.10. The van der Waals surface area contributed by atoms with Gasteiger partial charge in [0.2, 0.25) is 0 Å². The maximum Gasteiger partial charge on any atom is 2.00 e. The fourth-order valence-electron chi connectivity index (χ4n) is 5.81. The van der Waals surface area contributed by atoms with Crippen molar-refractivity contribution in [2.45, 2.75) is 104 Å². The van der Waals surface area contributed by atoms with Crippen molar-refractivity contribution < 1.29 is 21.1 Å². The summed E-state index contributed by atoms with van der Waals surface area (Å²) in [6, 6.07) is 31.0. The topological polar surface area (TPSA) is 28.2 Å². The van der Waals surface area contributed by atoms with Crippen LogP contribution in [0.15, 0.2) is 115 Å². The zero-order valence-electron chi connectivity index (χ0n) is 29.3. The van der Waals surface area contributed by atoms with E-state index in [0.29, 0.717) is 20.6 Å². The molecule has 44 heavy (non-hydrogen) atoms. The molecule has 0 spiro atoms. The van der Waals surface area contributed by atoms with Gasteiger partial charge in [-0.1, -0.05) is 102 Å². The summed E-state index contributed by atoms with van der Waals surface area (Å²) in [4.78, 5) is 0. The first-order valence-electron chi connectivity index (χ1n) is 15.6. The van der Waals surface area contributed by atoms with Crippen LogP contribution in [0.25, 0.3) is 10.5 Å². The molecular formula is C38H57BN2P2Pt+2. The third-order valence-electron chi connectivity index (χ3n) is 7.15. The van der Waals surface area contributed by atoms with E-state index < -0.39 is 15.8 Å². The van der Waals surface area contributed by atoms with Crippen molar-refractivity contribution in [3.8, 4) is 0 Å². The zero-order chi connectivity index (χ0) is 32.3. The summed E-state index contributed by atoms with van der Waals surface area (Å²) in [5.74, 6) is 4.77. The van der Waals surface area contributed by atoms with Gasteiger partial charge in [-0.15, -0.1) is 18.1 Å². The van der Waals surface area contributed by atoms with Gasteiger partial charge in [-0.3, -0.25) is 0 Å². The third-order valence-corrected chi connectivity index (χ3v) is 14.6. The van der Waals surface area contributed by atoms with Crippen molar-refractivity contribution in [1.29, 1.82) is 0 Å². The van der Waals surface area contributed by atoms with Crippen LogP contribution >= 0.6 is 15.8 Å². The molecule has 0 unspecified atom stereocenters. The van der Waals surface area contributed by atoms with Crippen LogP contribution < -0.4 is 10.9 Å². The quantitative estimate of drug-likeness (QED) is 0.160. The Bertz CT molecular complexity index is 1150. The minimum atomic E-state index is -0.632. The van der Waals surface area contributed by atoms with Gasteiger partial charge in [0, 0.05) is 27.5 Å². The first-order chi connectivity index (χ1) is 19.9. The Balaban J connectivity index is 0.000000432. The molecule has 0 N–H and O–H groups in total. The van der Waals surface area contributed by atoms with Crippen LogP contribution in [0, 0.1) is 0 Å². The molecule has 3 aromatic rings. The molecule has 0 fully saturated rings. The maximum absolute atomic E-state index is 4.90. The molecular weight excluding hydrogens is 752 g/mol. The Morgan fingerprint density at radius 2 is 0.773 bits per heavy atom. The number of hydrogen-bond donors (Lipinski definition) is 0. The van der Waals surface area contributed by atoms with E-state index in [1.54, 1.807) is 0 Å². The van der Waals surface area contributed by atoms with E-state index in [1.807, 2.05) is 54.9 Å². The normalized spacial score (nSPS) is 12.6. The summed E-state index contributed by atoms with van der Waals surface area (Å²) in [7, 11) is -1.26. The van der Waals surface area contributed by atoms with Crippen molar-refractivity contribution >= 4 is 39.3 Å². The summed E-state index contributed by atoms with van der Waals surface area (Å²) in [5.41, 5.74) is 3.43. The van der Waals surface area contributed by atoms with E-state index in [-0.39, 0.29) is 27.9 Å². The Morgan fingerprint density at radius 1 is 0.477 bits per heavy atom. The van der Waals surface area contributed by atoms with E-state index in [2.05, 4.69) is 149 Å². The molecule has 0 aliphatic rings. The molecule has 0 aliphatic heterocycles. The van der Waals surface area contributed by atoms with Gasteiger partial charge >= 0.3 is 21.1 Å². The van der Waals surface area contributed by atoms with E-state index in [9.17, 15) is 0 Å². The van der Waals surface area contributed by atoms with Gasteiger partial charge in [-0.2, -0.15) is 0 Å². The van der Waals surface area contributed by atoms with Crippen molar-refractivity contribution in [1.82, 2.24) is 0 Å². The Hall–Kier alpha value is -1.65. The summed E-state index contributed by atoms with van der Waals surface area (Å²) in [5, 5.41) is 10.9. The van der Waals surface area contributed by atoms with Crippen molar-refractivity contribution in [2.75, 3.05) is 0 Å². The molecule has 6 heteroatoms. The van der Waals surface area contributed by atoms with Gasteiger partial charge < -0.3 is 10.5 Å². The van der Waals surface area contributed by atoms with E-state index >= 15 is 0 Å². The first kappa shape index (κ1) is 40.4. The van der Waals surface area contributed by atoms with Gasteiger partial charge in [0.15, 0.2) is 0 Å². The summed E-state index contributed by atoms with van der Waals surface area (Å²) < 4.78 is 0. The number of hydrogen-bond acceptors (Lipinski definition) is 0. The Morgan fingerprint density at radius 3 is 1.07 bits per heavy atom. The minimum absolute atomic E-state index is 0. The third kappa shape index (κ3) is 14.2. The monoisotopic (exact) mass is 809 g/mol. The van der Waals surface area contributed by atoms with Gasteiger partial charge in [0.05, 0.1) is 20.6 Å². The van der Waals surface area contributed by atoms with Gasteiger partial charge in [0.25, 0.3) is 0 Å². The maximum atomic E-state index is 4.90. The largest absolute Gasteiger partial charge is 2.00 e. The first-order valence-corrected chi connectivity index (χ1v) is 18.7. The number of rotatable bonds is 8. The van der Waals surface area contributed by atoms with Gasteiger partial charge in [-0.25, -0.2) is 0 Å². The predicted octanol–water partition coefficient (Wildman–Crippen LogP) is 11.4. The Labute approximate surface area is 288 Å². The molecule has 240 valence electrons. The molecule has 0 atom stereocenters. The zero-order valence-corrected chi connectivity index (χ0v) is 33.5. The predicted molar refractivity (Wildman–Crippen MR) is 205 cm³/mol. The SMILES string of the molecule is CC(C)(C)[PH+](/C=C\[N-]/C=C\[PH+](C(C)(C)C)C(C)(C)C)C(C)(C)C.[Pt+2].c1ccc([N-]B(c2ccccc2)c2ccccc2)cc1. The standard InChI is InChI=1S/C20H40NP2.C18H15BN.Pt/c1-17(2,3)22(18(4,5)6)15-13-21-14-16-23(19(7,8)9)20(10,11)12;1-4-10-16(11-5-1)19(17-12-6-2-7-13-17)20-18-14-8-3-9-15-18;/h13-16H,1-12H3;1-15H;/q2*-1;+2/p+2/b15-13-,16-14-;;. The average molecular weight is 810 g/mol. The molecule has 0 aliphatic carbocycles. The minimum Gasteiger partial charge on any atom is -0.699 e. The van der Waals surface area contributed by atoms with Crippen LogP contribution in [-0.2, 0) is 21.1 Å². The van der Waals surface area contributed by atoms with Crippen LogP contribution in [0.2, 0.25) is 0 Å². The molecule has 0 aromatic heterocycles. The second-order valence-corrected chi connectivity index (χ2v) is 23.6. The fourth-order valence-corrected chi connectivity index (χ4v) is 12.8. The van der Waals surface area contributed by atoms with Crippen LogP contribution in [0.1, 0.15) is 83.1 Å². The van der Waals surface area contributed by atoms with E-state index in [1.165, 1.54) is 10.9 Å². The van der Waals surface area contributed by atoms with Crippen LogP contribution in [0.4, 0.5) is 5.69 Å². The summed E-state index contributed by atoms with van der Waals surface area (Å²) >= 11 is 0. The number of benzene rings is 3. The molecule has 0 radical (unpaired) electrons. The van der Waals surface area contributed by atoms with Crippen LogP contribution in [0.5, 0.6) is 0 Å². The Kier molecular flexibility index (Phi) is 16.4. The van der Waals surface area contributed by atoms with Crippen molar-refractivity contribution in [3.05, 3.63) is 126 Å². The van der Waals surface area contributed by atoms with Gasteiger partial charge in [0.1, 0.15) is 6.85 Å². The van der Waals surface area contributed by atoms with Crippen molar-refractivity contribution in [3.63, 3.8) is 0 Å². The molecule has 0 saturated carbocycles. The molecule has 3 rings (SSSR count).